The maximum Gasteiger partial charge on any atom is 0.289 e. The van der Waals surface area contributed by atoms with Crippen LogP contribution in [0, 0.1) is 0 Å². The third kappa shape index (κ3) is 4.22. The lowest BCUT2D eigenvalue weighted by atomic mass is 10.1. The molecule has 1 fully saturated rings. The van der Waals surface area contributed by atoms with Crippen molar-refractivity contribution < 1.29 is 19.1 Å². The third-order valence-electron chi connectivity index (χ3n) is 4.48. The molecule has 152 valence electrons. The monoisotopic (exact) mass is 439 g/mol. The number of hydrogen-bond donors (Lipinski definition) is 1. The molecule has 9 heteroatoms. The summed E-state index contributed by atoms with van der Waals surface area (Å²) in [7, 11) is 1.60. The standard InChI is InChI=1S/C21H17N3O4S2/c1-28-17-8-3-2-7-15(17)16-11-29-20(22-16)23-19(26)14-6-4-5-13(9-14)10-24-18(25)12-30-21(24)27/h2-9,11H,10,12H2,1H3,(H,22,23,26). The molecular weight excluding hydrogens is 422 g/mol. The van der Waals surface area contributed by atoms with Crippen LogP contribution in [0.4, 0.5) is 9.93 Å². The van der Waals surface area contributed by atoms with Crippen LogP contribution in [0.3, 0.4) is 0 Å². The maximum absolute atomic E-state index is 12.7. The van der Waals surface area contributed by atoms with Gasteiger partial charge in [-0.3, -0.25) is 24.6 Å². The van der Waals surface area contributed by atoms with Crippen LogP contribution in [-0.2, 0) is 11.3 Å². The van der Waals surface area contributed by atoms with Crippen molar-refractivity contribution in [3.63, 3.8) is 0 Å². The summed E-state index contributed by atoms with van der Waals surface area (Å²) in [5.41, 5.74) is 2.69. The highest BCUT2D eigenvalue weighted by Crippen LogP contribution is 2.32. The number of aromatic nitrogens is 1. The number of hydrogen-bond acceptors (Lipinski definition) is 7. The minimum Gasteiger partial charge on any atom is -0.496 e. The zero-order valence-corrected chi connectivity index (χ0v) is 17.6. The van der Waals surface area contributed by atoms with Crippen LogP contribution in [0.2, 0.25) is 0 Å². The first-order valence-electron chi connectivity index (χ1n) is 9.01. The first-order valence-corrected chi connectivity index (χ1v) is 10.9. The minimum absolute atomic E-state index is 0.154. The van der Waals surface area contributed by atoms with Crippen LogP contribution in [0.25, 0.3) is 11.3 Å². The topological polar surface area (TPSA) is 88.6 Å². The van der Waals surface area contributed by atoms with Gasteiger partial charge in [0.1, 0.15) is 5.75 Å². The summed E-state index contributed by atoms with van der Waals surface area (Å²) in [6, 6.07) is 14.4. The number of nitrogens with one attached hydrogen (secondary N) is 1. The molecule has 0 aliphatic carbocycles. The second kappa shape index (κ2) is 8.68. The van der Waals surface area contributed by atoms with E-state index in [4.69, 9.17) is 4.74 Å². The van der Waals surface area contributed by atoms with E-state index in [1.54, 1.807) is 31.4 Å². The molecule has 0 spiro atoms. The summed E-state index contributed by atoms with van der Waals surface area (Å²) in [5, 5.41) is 4.86. The van der Waals surface area contributed by atoms with Gasteiger partial charge in [0.2, 0.25) is 5.91 Å². The fraction of sp³-hybridized carbons (Fsp3) is 0.143. The molecule has 2 aromatic carbocycles. The summed E-state index contributed by atoms with van der Waals surface area (Å²) >= 11 is 2.31. The van der Waals surface area contributed by atoms with Gasteiger partial charge in [0, 0.05) is 16.5 Å². The second-order valence-corrected chi connectivity index (χ2v) is 8.21. The fourth-order valence-electron chi connectivity index (χ4n) is 3.01. The molecule has 0 bridgehead atoms. The summed E-state index contributed by atoms with van der Waals surface area (Å²) in [4.78, 5) is 42.0. The average Bonchev–Trinajstić information content (AvgIpc) is 3.35. The molecule has 3 aromatic rings. The minimum atomic E-state index is -0.314. The van der Waals surface area contributed by atoms with Crippen LogP contribution in [0.1, 0.15) is 15.9 Å². The van der Waals surface area contributed by atoms with Gasteiger partial charge in [-0.2, -0.15) is 0 Å². The number of amides is 3. The van der Waals surface area contributed by atoms with Crippen LogP contribution in [0.15, 0.2) is 53.9 Å². The number of imide groups is 1. The summed E-state index contributed by atoms with van der Waals surface area (Å²) in [6.07, 6.45) is 0. The molecule has 2 heterocycles. The van der Waals surface area contributed by atoms with Gasteiger partial charge in [-0.15, -0.1) is 11.3 Å². The lowest BCUT2D eigenvalue weighted by molar-refractivity contribution is -0.125. The largest absolute Gasteiger partial charge is 0.496 e. The molecule has 1 aliphatic heterocycles. The van der Waals surface area contributed by atoms with Crippen molar-refractivity contribution in [2.24, 2.45) is 0 Å². The fourth-order valence-corrected chi connectivity index (χ4v) is 4.44. The number of rotatable bonds is 6. The Hall–Kier alpha value is -3.17. The van der Waals surface area contributed by atoms with Gasteiger partial charge in [-0.1, -0.05) is 36.0 Å². The number of nitrogens with zero attached hydrogens (tertiary/aromatic N) is 2. The van der Waals surface area contributed by atoms with E-state index < -0.39 is 0 Å². The number of para-hydroxylation sites is 1. The lowest BCUT2D eigenvalue weighted by Crippen LogP contribution is -2.28. The van der Waals surface area contributed by atoms with Crippen molar-refractivity contribution in [1.82, 2.24) is 9.88 Å². The number of benzene rings is 2. The van der Waals surface area contributed by atoms with Gasteiger partial charge < -0.3 is 4.74 Å². The maximum atomic E-state index is 12.7. The number of carbonyl (C=O) groups is 3. The molecule has 4 rings (SSSR count). The van der Waals surface area contributed by atoms with Crippen LogP contribution in [-0.4, -0.2) is 39.8 Å². The van der Waals surface area contributed by atoms with Crippen LogP contribution < -0.4 is 10.1 Å². The Bertz CT molecular complexity index is 1110. The van der Waals surface area contributed by atoms with Gasteiger partial charge in [-0.25, -0.2) is 4.98 Å². The Kier molecular flexibility index (Phi) is 5.82. The average molecular weight is 440 g/mol. The molecule has 1 aromatic heterocycles. The summed E-state index contributed by atoms with van der Waals surface area (Å²) < 4.78 is 5.37. The van der Waals surface area contributed by atoms with Crippen molar-refractivity contribution >= 4 is 45.3 Å². The van der Waals surface area contributed by atoms with Crippen LogP contribution in [0.5, 0.6) is 5.75 Å². The molecule has 0 unspecified atom stereocenters. The van der Waals surface area contributed by atoms with Crippen molar-refractivity contribution in [3.8, 4) is 17.0 Å². The van der Waals surface area contributed by atoms with Gasteiger partial charge >= 0.3 is 0 Å². The zero-order chi connectivity index (χ0) is 21.1. The highest BCUT2D eigenvalue weighted by atomic mass is 32.2. The molecule has 1 N–H and O–H groups in total. The van der Waals surface area contributed by atoms with Gasteiger partial charge in [0.25, 0.3) is 11.1 Å². The molecule has 1 aliphatic rings. The highest BCUT2D eigenvalue weighted by molar-refractivity contribution is 8.14. The number of thiazole rings is 1. The molecule has 3 amide bonds. The second-order valence-electron chi connectivity index (χ2n) is 6.43. The number of carbonyl (C=O) groups excluding carboxylic acids is 3. The van der Waals surface area contributed by atoms with E-state index in [2.05, 4.69) is 10.3 Å². The lowest BCUT2D eigenvalue weighted by Gasteiger charge is -2.13. The van der Waals surface area contributed by atoms with E-state index in [1.165, 1.54) is 16.2 Å². The molecule has 0 saturated carbocycles. The van der Waals surface area contributed by atoms with E-state index in [1.807, 2.05) is 29.6 Å². The smallest absolute Gasteiger partial charge is 0.289 e. The number of methoxy groups -OCH3 is 1. The van der Waals surface area contributed by atoms with Gasteiger partial charge in [0.05, 0.1) is 25.1 Å². The SMILES string of the molecule is COc1ccccc1-c1csc(NC(=O)c2cccc(CN3C(=O)CSC3=O)c2)n1. The molecule has 1 saturated heterocycles. The molecule has 0 atom stereocenters. The Morgan fingerprint density at radius 1 is 1.20 bits per heavy atom. The Labute approximate surface area is 181 Å². The number of anilines is 1. The Balaban J connectivity index is 1.48. The van der Waals surface area contributed by atoms with E-state index >= 15 is 0 Å². The van der Waals surface area contributed by atoms with E-state index in [0.717, 1.165) is 17.3 Å². The Morgan fingerprint density at radius 2 is 2.03 bits per heavy atom. The van der Waals surface area contributed by atoms with Crippen molar-refractivity contribution in [3.05, 3.63) is 65.0 Å². The summed E-state index contributed by atoms with van der Waals surface area (Å²) in [6.45, 7) is 0.154. The van der Waals surface area contributed by atoms with Crippen molar-refractivity contribution in [2.75, 3.05) is 18.2 Å². The molecule has 0 radical (unpaired) electrons. The quantitative estimate of drug-likeness (QED) is 0.617. The highest BCUT2D eigenvalue weighted by Gasteiger charge is 2.29. The van der Waals surface area contributed by atoms with E-state index in [-0.39, 0.29) is 29.4 Å². The predicted octanol–water partition coefficient (Wildman–Crippen LogP) is 4.27. The van der Waals surface area contributed by atoms with Crippen molar-refractivity contribution in [1.29, 1.82) is 0 Å². The molecule has 7 nitrogen and oxygen atoms in total. The number of ether oxygens (including phenoxy) is 1. The van der Waals surface area contributed by atoms with E-state index in [0.29, 0.717) is 27.7 Å². The summed E-state index contributed by atoms with van der Waals surface area (Å²) in [5.74, 6) is 0.340. The van der Waals surface area contributed by atoms with Crippen molar-refractivity contribution in [2.45, 2.75) is 6.54 Å². The first-order chi connectivity index (χ1) is 14.5. The van der Waals surface area contributed by atoms with Crippen LogP contribution >= 0.6 is 23.1 Å². The molecular formula is C21H17N3O4S2. The molecule has 30 heavy (non-hydrogen) atoms. The predicted molar refractivity (Wildman–Crippen MR) is 117 cm³/mol. The van der Waals surface area contributed by atoms with E-state index in [9.17, 15) is 14.4 Å². The number of thioether (sulfide) groups is 1. The first kappa shape index (κ1) is 20.1. The Morgan fingerprint density at radius 3 is 2.80 bits per heavy atom. The normalized spacial score (nSPS) is 13.6. The van der Waals surface area contributed by atoms with Gasteiger partial charge in [-0.05, 0) is 29.8 Å². The van der Waals surface area contributed by atoms with Gasteiger partial charge in [0.15, 0.2) is 5.13 Å². The zero-order valence-electron chi connectivity index (χ0n) is 16.0. The third-order valence-corrected chi connectivity index (χ3v) is 6.09.